The number of halogens is 2. The van der Waals surface area contributed by atoms with Gasteiger partial charge in [-0.25, -0.2) is 8.42 Å². The third-order valence-corrected chi connectivity index (χ3v) is 3.76. The summed E-state index contributed by atoms with van der Waals surface area (Å²) in [7, 11) is -3.12. The number of rotatable bonds is 4. The predicted octanol–water partition coefficient (Wildman–Crippen LogP) is 2.22. The van der Waals surface area contributed by atoms with E-state index in [4.69, 9.17) is 0 Å². The molecule has 0 amide bonds. The van der Waals surface area contributed by atoms with Crippen LogP contribution in [-0.2, 0) is 9.84 Å². The first-order valence-corrected chi connectivity index (χ1v) is 7.96. The van der Waals surface area contributed by atoms with Gasteiger partial charge in [-0.2, -0.15) is 0 Å². The van der Waals surface area contributed by atoms with Gasteiger partial charge in [0.1, 0.15) is 15.5 Å². The molecule has 0 fully saturated rings. The van der Waals surface area contributed by atoms with E-state index in [1.807, 2.05) is 0 Å². The monoisotopic (exact) mass is 369 g/mol. The van der Waals surface area contributed by atoms with E-state index in [2.05, 4.69) is 36.8 Å². The Morgan fingerprint density at radius 1 is 1.44 bits per heavy atom. The lowest BCUT2D eigenvalue weighted by atomic mass is 10.2. The molecule has 4 nitrogen and oxygen atoms in total. The molecule has 1 aromatic heterocycles. The third-order valence-electron chi connectivity index (χ3n) is 1.77. The molecule has 0 radical (unpaired) electrons. The largest absolute Gasteiger partial charge is 0.292 e. The molecular weight excluding hydrogens is 362 g/mol. The first-order valence-electron chi connectivity index (χ1n) is 4.31. The Bertz CT molecular complexity index is 513. The second-order valence-electron chi connectivity index (χ2n) is 3.29. The number of hydrogen-bond donors (Lipinski definition) is 0. The predicted molar refractivity (Wildman–Crippen MR) is 68.3 cm³/mol. The van der Waals surface area contributed by atoms with Crippen LogP contribution in [0.2, 0.25) is 0 Å². The molecule has 16 heavy (non-hydrogen) atoms. The Morgan fingerprint density at radius 2 is 2.06 bits per heavy atom. The Kier molecular flexibility index (Phi) is 4.63. The van der Waals surface area contributed by atoms with E-state index >= 15 is 0 Å². The number of sulfone groups is 1. The van der Waals surface area contributed by atoms with E-state index in [9.17, 15) is 13.2 Å². The SMILES string of the molecule is CS(=O)(=O)CCC(=O)c1ncc(Br)cc1Br. The third kappa shape index (κ3) is 4.31. The number of aromatic nitrogens is 1. The van der Waals surface area contributed by atoms with Gasteiger partial charge in [-0.05, 0) is 37.9 Å². The van der Waals surface area contributed by atoms with Gasteiger partial charge >= 0.3 is 0 Å². The summed E-state index contributed by atoms with van der Waals surface area (Å²) in [6.45, 7) is 0. The number of ketones is 1. The van der Waals surface area contributed by atoms with Crippen LogP contribution in [0.1, 0.15) is 16.9 Å². The average molecular weight is 371 g/mol. The van der Waals surface area contributed by atoms with Crippen molar-refractivity contribution in [3.63, 3.8) is 0 Å². The minimum atomic E-state index is -3.12. The van der Waals surface area contributed by atoms with Crippen LogP contribution >= 0.6 is 31.9 Å². The molecule has 0 saturated heterocycles. The van der Waals surface area contributed by atoms with E-state index in [0.717, 1.165) is 10.7 Å². The highest BCUT2D eigenvalue weighted by atomic mass is 79.9. The summed E-state index contributed by atoms with van der Waals surface area (Å²) in [5.41, 5.74) is 0.256. The molecule has 0 atom stereocenters. The van der Waals surface area contributed by atoms with Crippen LogP contribution in [0.5, 0.6) is 0 Å². The lowest BCUT2D eigenvalue weighted by Gasteiger charge is -2.02. The standard InChI is InChI=1S/C9H9Br2NO3S/c1-16(14,15)3-2-8(13)9-7(11)4-6(10)5-12-9/h4-5H,2-3H2,1H3. The normalized spacial score (nSPS) is 11.4. The lowest BCUT2D eigenvalue weighted by Crippen LogP contribution is -2.11. The van der Waals surface area contributed by atoms with E-state index in [-0.39, 0.29) is 23.7 Å². The number of carbonyl (C=O) groups excluding carboxylic acids is 1. The highest BCUT2D eigenvalue weighted by molar-refractivity contribution is 9.11. The van der Waals surface area contributed by atoms with Gasteiger partial charge in [-0.1, -0.05) is 0 Å². The fraction of sp³-hybridized carbons (Fsp3) is 0.333. The molecule has 88 valence electrons. The van der Waals surface area contributed by atoms with E-state index in [1.54, 1.807) is 6.07 Å². The molecule has 0 saturated carbocycles. The number of Topliss-reactive ketones (excluding diaryl/α,β-unsaturated/α-hetero) is 1. The van der Waals surface area contributed by atoms with E-state index in [0.29, 0.717) is 4.47 Å². The van der Waals surface area contributed by atoms with Crippen molar-refractivity contribution in [1.29, 1.82) is 0 Å². The van der Waals surface area contributed by atoms with Crippen molar-refractivity contribution in [3.05, 3.63) is 26.9 Å². The molecule has 0 aliphatic heterocycles. The van der Waals surface area contributed by atoms with Gasteiger partial charge in [0.15, 0.2) is 5.78 Å². The van der Waals surface area contributed by atoms with Crippen LogP contribution in [0.4, 0.5) is 0 Å². The van der Waals surface area contributed by atoms with Crippen LogP contribution in [-0.4, -0.2) is 31.2 Å². The average Bonchev–Trinajstić information content (AvgIpc) is 2.13. The number of nitrogens with zero attached hydrogens (tertiary/aromatic N) is 1. The molecule has 1 aromatic rings. The van der Waals surface area contributed by atoms with Crippen LogP contribution in [0, 0.1) is 0 Å². The van der Waals surface area contributed by atoms with Crippen molar-refractivity contribution < 1.29 is 13.2 Å². The molecule has 0 bridgehead atoms. The van der Waals surface area contributed by atoms with Crippen LogP contribution in [0.3, 0.4) is 0 Å². The van der Waals surface area contributed by atoms with Crippen LogP contribution in [0.25, 0.3) is 0 Å². The second kappa shape index (κ2) is 5.37. The minimum Gasteiger partial charge on any atom is -0.292 e. The zero-order valence-electron chi connectivity index (χ0n) is 8.41. The van der Waals surface area contributed by atoms with Crippen molar-refractivity contribution in [2.45, 2.75) is 6.42 Å². The summed E-state index contributed by atoms with van der Waals surface area (Å²) in [5, 5.41) is 0. The zero-order valence-corrected chi connectivity index (χ0v) is 12.4. The zero-order chi connectivity index (χ0) is 12.3. The molecule has 0 aliphatic rings. The van der Waals surface area contributed by atoms with Crippen molar-refractivity contribution in [2.24, 2.45) is 0 Å². The van der Waals surface area contributed by atoms with Gasteiger partial charge in [-0.15, -0.1) is 0 Å². The van der Waals surface area contributed by atoms with Gasteiger partial charge in [0.05, 0.1) is 5.75 Å². The number of carbonyl (C=O) groups is 1. The first kappa shape index (κ1) is 13.8. The summed E-state index contributed by atoms with van der Waals surface area (Å²) < 4.78 is 23.1. The molecular formula is C9H9Br2NO3S. The molecule has 0 N–H and O–H groups in total. The van der Waals surface area contributed by atoms with Gasteiger partial charge in [0.2, 0.25) is 0 Å². The smallest absolute Gasteiger partial charge is 0.183 e. The summed E-state index contributed by atoms with van der Waals surface area (Å²) in [4.78, 5) is 15.6. The molecule has 0 aromatic carbocycles. The fourth-order valence-corrected chi connectivity index (χ4v) is 2.78. The molecule has 0 unspecified atom stereocenters. The van der Waals surface area contributed by atoms with Crippen molar-refractivity contribution in [1.82, 2.24) is 4.98 Å². The molecule has 1 rings (SSSR count). The maximum Gasteiger partial charge on any atom is 0.183 e. The Labute approximate surface area is 111 Å². The maximum atomic E-state index is 11.7. The fourth-order valence-electron chi connectivity index (χ4n) is 1.02. The van der Waals surface area contributed by atoms with Crippen molar-refractivity contribution in [3.8, 4) is 0 Å². The number of pyridine rings is 1. The summed E-state index contributed by atoms with van der Waals surface area (Å²) in [6.07, 6.45) is 2.55. The Hall–Kier alpha value is -0.270. The minimum absolute atomic E-state index is 0.0495. The van der Waals surface area contributed by atoms with Crippen molar-refractivity contribution in [2.75, 3.05) is 12.0 Å². The summed E-state index contributed by atoms with van der Waals surface area (Å²) >= 11 is 6.42. The Morgan fingerprint density at radius 3 is 2.56 bits per heavy atom. The quantitative estimate of drug-likeness (QED) is 0.762. The van der Waals surface area contributed by atoms with Gasteiger partial charge in [0, 0.05) is 27.8 Å². The topological polar surface area (TPSA) is 64.1 Å². The van der Waals surface area contributed by atoms with Gasteiger partial charge < -0.3 is 0 Å². The number of hydrogen-bond acceptors (Lipinski definition) is 4. The van der Waals surface area contributed by atoms with Crippen LogP contribution < -0.4 is 0 Å². The lowest BCUT2D eigenvalue weighted by molar-refractivity contribution is 0.0983. The van der Waals surface area contributed by atoms with Gasteiger partial charge in [0.25, 0.3) is 0 Å². The highest BCUT2D eigenvalue weighted by Gasteiger charge is 2.14. The highest BCUT2D eigenvalue weighted by Crippen LogP contribution is 2.20. The maximum absolute atomic E-state index is 11.7. The molecule has 0 aliphatic carbocycles. The van der Waals surface area contributed by atoms with Crippen LogP contribution in [0.15, 0.2) is 21.2 Å². The first-order chi connectivity index (χ1) is 7.29. The molecule has 1 heterocycles. The van der Waals surface area contributed by atoms with E-state index < -0.39 is 9.84 Å². The Balaban J connectivity index is 2.82. The molecule has 7 heteroatoms. The summed E-state index contributed by atoms with van der Waals surface area (Å²) in [5.74, 6) is -0.444. The van der Waals surface area contributed by atoms with E-state index in [1.165, 1.54) is 6.20 Å². The molecule has 0 spiro atoms. The van der Waals surface area contributed by atoms with Crippen molar-refractivity contribution >= 4 is 47.5 Å². The van der Waals surface area contributed by atoms with Gasteiger partial charge in [-0.3, -0.25) is 9.78 Å². The second-order valence-corrected chi connectivity index (χ2v) is 7.32. The summed E-state index contributed by atoms with van der Waals surface area (Å²) in [6, 6.07) is 1.70.